The summed E-state index contributed by atoms with van der Waals surface area (Å²) in [6.45, 7) is 26.4. The van der Waals surface area contributed by atoms with Gasteiger partial charge in [-0.1, -0.05) is 115 Å². The molecule has 14 atom stereocenters. The fourth-order valence-corrected chi connectivity index (χ4v) is 16.7. The summed E-state index contributed by atoms with van der Waals surface area (Å²) in [6, 6.07) is 0. The van der Waals surface area contributed by atoms with Gasteiger partial charge in [0.25, 0.3) is 0 Å². The van der Waals surface area contributed by atoms with Crippen LogP contribution in [0.1, 0.15) is 291 Å². The first-order chi connectivity index (χ1) is 41.5. The van der Waals surface area contributed by atoms with Crippen LogP contribution >= 0.6 is 0 Å². The lowest BCUT2D eigenvalue weighted by Gasteiger charge is -2.58. The SMILES string of the molecule is C.CC.CC.CC(=O)O[C@@H](CC1CCCCC1)C(=O)O.CC(=O)O[C@H]1CC2(CCCCC2)OC1=O.CC(=O)O[C@H]1CC2CCCCC2OC1=O.CC(=O)O[C@H]1CCC[C@H]1C[C@@H](C)[C@H]1CC[C@H](C)C(=O)C1.CC1(C)CC(=O)C[C@]2(C)C3CC(=O)O[C@]3(C)CC[C@@H]12. The molecule has 18 nitrogen and oxygen atoms in total. The monoisotopic (exact) mass is 1260 g/mol. The Balaban J connectivity index is 0.000000287. The number of ether oxygens (including phenoxy) is 7. The Kier molecular flexibility index (Phi) is 32.0. The number of ketones is 2. The topological polar surface area (TPSA) is 256 Å². The van der Waals surface area contributed by atoms with E-state index in [1.807, 2.05) is 27.7 Å². The van der Waals surface area contributed by atoms with Crippen LogP contribution in [0.5, 0.6) is 0 Å². The lowest BCUT2D eigenvalue weighted by Crippen LogP contribution is -2.57. The van der Waals surface area contributed by atoms with Crippen LogP contribution < -0.4 is 0 Å². The predicted molar refractivity (Wildman–Crippen MR) is 338 cm³/mol. The molecule has 18 heteroatoms. The number of carboxylic acid groups (broad SMARTS) is 1. The van der Waals surface area contributed by atoms with Gasteiger partial charge in [-0.2, -0.15) is 0 Å². The molecule has 1 spiro atoms. The Morgan fingerprint density at radius 1 is 0.607 bits per heavy atom. The van der Waals surface area contributed by atoms with Crippen molar-refractivity contribution in [1.82, 2.24) is 0 Å². The summed E-state index contributed by atoms with van der Waals surface area (Å²) in [7, 11) is 0. The number of rotatable bonds is 10. The Morgan fingerprint density at radius 3 is 1.80 bits per heavy atom. The van der Waals surface area contributed by atoms with E-state index in [2.05, 4.69) is 41.5 Å². The average Bonchev–Trinajstić information content (AvgIpc) is 1.70. The van der Waals surface area contributed by atoms with E-state index < -0.39 is 42.2 Å². The largest absolute Gasteiger partial charge is 0.479 e. The lowest BCUT2D eigenvalue weighted by atomic mass is 9.45. The van der Waals surface area contributed by atoms with E-state index in [9.17, 15) is 47.9 Å². The average molecular weight is 1260 g/mol. The third-order valence-corrected chi connectivity index (χ3v) is 20.8. The normalized spacial score (nSPS) is 32.6. The summed E-state index contributed by atoms with van der Waals surface area (Å²) in [5.74, 6) is 0.835. The Morgan fingerprint density at radius 2 is 1.20 bits per heavy atom. The smallest absolute Gasteiger partial charge is 0.348 e. The summed E-state index contributed by atoms with van der Waals surface area (Å²) >= 11 is 0. The maximum absolute atomic E-state index is 12.2. The summed E-state index contributed by atoms with van der Waals surface area (Å²) in [5, 5.41) is 8.88. The van der Waals surface area contributed by atoms with Gasteiger partial charge in [0.15, 0.2) is 12.2 Å². The summed E-state index contributed by atoms with van der Waals surface area (Å²) in [5.41, 5.74) is -0.680. The quantitative estimate of drug-likeness (QED) is 0.157. The van der Waals surface area contributed by atoms with Crippen LogP contribution in [0.25, 0.3) is 0 Å². The van der Waals surface area contributed by atoms with Crippen molar-refractivity contribution in [2.24, 2.45) is 58.2 Å². The van der Waals surface area contributed by atoms with E-state index in [1.54, 1.807) is 0 Å². The molecule has 10 aliphatic rings. The molecule has 0 radical (unpaired) electrons. The highest BCUT2D eigenvalue weighted by atomic mass is 16.6. The van der Waals surface area contributed by atoms with E-state index in [0.717, 1.165) is 116 Å². The molecule has 7 saturated carbocycles. The van der Waals surface area contributed by atoms with Crippen LogP contribution in [-0.2, 0) is 81.1 Å². The highest BCUT2D eigenvalue weighted by molar-refractivity contribution is 5.83. The number of hydrogen-bond acceptors (Lipinski definition) is 17. The van der Waals surface area contributed by atoms with Crippen LogP contribution in [0.2, 0.25) is 0 Å². The zero-order valence-corrected chi connectivity index (χ0v) is 56.4. The number of hydrogen-bond donors (Lipinski definition) is 1. The van der Waals surface area contributed by atoms with Crippen molar-refractivity contribution in [1.29, 1.82) is 0 Å². The molecular weight excluding hydrogens is 1140 g/mol. The second-order valence-electron chi connectivity index (χ2n) is 28.0. The van der Waals surface area contributed by atoms with Gasteiger partial charge in [0.05, 0.1) is 6.42 Å². The first-order valence-electron chi connectivity index (χ1n) is 34.1. The van der Waals surface area contributed by atoms with E-state index >= 15 is 0 Å². The van der Waals surface area contributed by atoms with Gasteiger partial charge in [-0.3, -0.25) is 33.6 Å². The number of carbonyl (C=O) groups is 10. The van der Waals surface area contributed by atoms with Crippen molar-refractivity contribution >= 4 is 59.3 Å². The maximum Gasteiger partial charge on any atom is 0.348 e. The number of esters is 7. The molecule has 0 aromatic heterocycles. The van der Waals surface area contributed by atoms with Crippen LogP contribution in [0.3, 0.4) is 0 Å². The van der Waals surface area contributed by atoms with Gasteiger partial charge in [0.2, 0.25) is 6.10 Å². The standard InChI is InChI=1S/C17H28O3.C16H24O3.2C11H16O4.C11H18O4.2C2H6.CH4/c1-11-7-8-14(10-16(11)19)12(2)9-15-5-4-6-17(15)20-13(3)18;1-14(2)8-10(17)9-15(3)11(14)5-6-16(4)12(15)7-13(18)19-16;1-7(12)14-10-6-8-4-2-3-5-9(8)15-11(10)13;1-8(12)14-9-7-11(15-10(9)13)5-3-2-4-6-11;1-8(12)15-10(11(13)14)7-9-5-3-2-4-6-9;2*1-2;/h11-12,14-15,17H,4-10H2,1-3H3;11-12H,5-9H2,1-4H3;8-10H,2-6H2,1H3;9H,2-7H2,1H3;9-10H,2-7H2,1H3,(H,13,14);2*1-2H3;1H4/t11-,12+,14-,15-,17-;11-,12?,15-,16+;8?,9?,10-;9-;10-;;;/m00000.../s1. The Hall–Kier alpha value is -4.90. The fraction of sp³-hybridized carbons (Fsp3) is 0.859. The summed E-state index contributed by atoms with van der Waals surface area (Å²) < 4.78 is 36.4. The summed E-state index contributed by atoms with van der Waals surface area (Å²) in [4.78, 5) is 113. The maximum atomic E-state index is 12.2. The van der Waals surface area contributed by atoms with Gasteiger partial charge in [-0.15, -0.1) is 0 Å². The number of fused-ring (bicyclic) bond motifs is 4. The second-order valence-corrected chi connectivity index (χ2v) is 28.0. The minimum absolute atomic E-state index is 0. The lowest BCUT2D eigenvalue weighted by molar-refractivity contribution is -0.185. The van der Waals surface area contributed by atoms with E-state index in [0.29, 0.717) is 85.6 Å². The molecule has 3 saturated heterocycles. The van der Waals surface area contributed by atoms with Crippen molar-refractivity contribution < 1.29 is 86.2 Å². The zero-order valence-electron chi connectivity index (χ0n) is 56.4. The molecule has 0 aromatic carbocycles. The molecule has 3 aliphatic heterocycles. The molecule has 3 unspecified atom stereocenters. The minimum Gasteiger partial charge on any atom is -0.479 e. The van der Waals surface area contributed by atoms with E-state index in [1.165, 1.54) is 59.8 Å². The third-order valence-electron chi connectivity index (χ3n) is 20.8. The molecule has 89 heavy (non-hydrogen) atoms. The van der Waals surface area contributed by atoms with Gasteiger partial charge in [0.1, 0.15) is 35.0 Å². The number of carboxylic acids is 1. The molecule has 510 valence electrons. The second kappa shape index (κ2) is 36.4. The molecule has 1 N–H and O–H groups in total. The zero-order chi connectivity index (χ0) is 65.7. The van der Waals surface area contributed by atoms with Gasteiger partial charge in [-0.05, 0) is 150 Å². The fourth-order valence-electron chi connectivity index (χ4n) is 16.7. The van der Waals surface area contributed by atoms with Crippen LogP contribution in [0, 0.1) is 58.2 Å². The molecule has 0 amide bonds. The van der Waals surface area contributed by atoms with E-state index in [-0.39, 0.29) is 77.4 Å². The molecule has 7 aliphatic carbocycles. The third kappa shape index (κ3) is 23.0. The molecule has 0 bridgehead atoms. The molecule has 10 rings (SSSR count). The first-order valence-corrected chi connectivity index (χ1v) is 34.1. The predicted octanol–water partition coefficient (Wildman–Crippen LogP) is 14.5. The Bertz CT molecular complexity index is 2290. The van der Waals surface area contributed by atoms with Crippen molar-refractivity contribution in [3.63, 3.8) is 0 Å². The van der Waals surface area contributed by atoms with Gasteiger partial charge < -0.3 is 38.3 Å². The van der Waals surface area contributed by atoms with Crippen LogP contribution in [0.4, 0.5) is 0 Å². The number of aliphatic carboxylic acids is 1. The first kappa shape index (κ1) is 78.3. The molecule has 3 heterocycles. The van der Waals surface area contributed by atoms with Crippen molar-refractivity contribution in [3.8, 4) is 0 Å². The van der Waals surface area contributed by atoms with Gasteiger partial charge in [-0.25, -0.2) is 14.4 Å². The van der Waals surface area contributed by atoms with Crippen molar-refractivity contribution in [3.05, 3.63) is 0 Å². The minimum atomic E-state index is -1.03. The molecule has 10 fully saturated rings. The Labute approximate surface area is 533 Å². The van der Waals surface area contributed by atoms with Crippen LogP contribution in [-0.4, -0.2) is 106 Å². The number of carbonyl (C=O) groups excluding carboxylic acids is 9. The highest BCUT2D eigenvalue weighted by Crippen LogP contribution is 2.64. The summed E-state index contributed by atoms with van der Waals surface area (Å²) in [6.07, 6.45) is 26.1. The highest BCUT2D eigenvalue weighted by Gasteiger charge is 2.64. The van der Waals surface area contributed by atoms with Gasteiger partial charge in [0, 0.05) is 77.6 Å². The van der Waals surface area contributed by atoms with Gasteiger partial charge >= 0.3 is 47.8 Å². The molecular formula is C71H118O18. The van der Waals surface area contributed by atoms with Crippen molar-refractivity contribution in [2.45, 2.75) is 332 Å². The van der Waals surface area contributed by atoms with Crippen molar-refractivity contribution in [2.75, 3.05) is 0 Å². The van der Waals surface area contributed by atoms with E-state index in [4.69, 9.17) is 38.3 Å². The number of Topliss-reactive ketones (excluding diaryl/α,β-unsaturated/α-hetero) is 2. The molecule has 0 aromatic rings. The van der Waals surface area contributed by atoms with Crippen LogP contribution in [0.15, 0.2) is 0 Å².